The van der Waals surface area contributed by atoms with Crippen LogP contribution in [0.15, 0.2) is 24.3 Å². The third kappa shape index (κ3) is 4.01. The molecule has 2 N–H and O–H groups in total. The zero-order chi connectivity index (χ0) is 13.7. The van der Waals surface area contributed by atoms with Crippen LogP contribution in [0.5, 0.6) is 0 Å². The SMILES string of the molecule is CCC(O)CNC(=O)CCc1nc2ccccc2s1. The molecule has 1 heterocycles. The van der Waals surface area contributed by atoms with Gasteiger partial charge in [0.1, 0.15) is 0 Å². The number of aliphatic hydroxyl groups is 1. The molecule has 1 amide bonds. The van der Waals surface area contributed by atoms with Crippen LogP contribution in [0, 0.1) is 0 Å². The number of benzene rings is 1. The topological polar surface area (TPSA) is 62.2 Å². The lowest BCUT2D eigenvalue weighted by atomic mass is 10.2. The summed E-state index contributed by atoms with van der Waals surface area (Å²) in [6.45, 7) is 2.22. The van der Waals surface area contributed by atoms with Crippen LogP contribution in [-0.4, -0.2) is 28.6 Å². The highest BCUT2D eigenvalue weighted by Crippen LogP contribution is 2.22. The van der Waals surface area contributed by atoms with Crippen LogP contribution in [0.25, 0.3) is 10.2 Å². The minimum absolute atomic E-state index is 0.0354. The Morgan fingerprint density at radius 1 is 1.47 bits per heavy atom. The maximum absolute atomic E-state index is 11.6. The summed E-state index contributed by atoms with van der Waals surface area (Å²) in [6.07, 6.45) is 1.26. The number of hydrogen-bond donors (Lipinski definition) is 2. The molecule has 102 valence electrons. The lowest BCUT2D eigenvalue weighted by molar-refractivity contribution is -0.121. The summed E-state index contributed by atoms with van der Waals surface area (Å²) in [5.74, 6) is -0.0354. The minimum Gasteiger partial charge on any atom is -0.391 e. The summed E-state index contributed by atoms with van der Waals surface area (Å²) >= 11 is 1.63. The Kier molecular flexibility index (Phi) is 4.87. The number of aliphatic hydroxyl groups excluding tert-OH is 1. The second-order valence-corrected chi connectivity index (χ2v) is 5.56. The number of para-hydroxylation sites is 1. The molecule has 0 saturated carbocycles. The van der Waals surface area contributed by atoms with E-state index >= 15 is 0 Å². The average molecular weight is 278 g/mol. The van der Waals surface area contributed by atoms with Gasteiger partial charge in [-0.25, -0.2) is 4.98 Å². The number of carbonyl (C=O) groups is 1. The van der Waals surface area contributed by atoms with Crippen molar-refractivity contribution in [2.24, 2.45) is 0 Å². The molecule has 0 spiro atoms. The van der Waals surface area contributed by atoms with E-state index in [9.17, 15) is 9.90 Å². The molecule has 4 nitrogen and oxygen atoms in total. The monoisotopic (exact) mass is 278 g/mol. The van der Waals surface area contributed by atoms with Crippen molar-refractivity contribution in [2.45, 2.75) is 32.3 Å². The predicted octanol–water partition coefficient (Wildman–Crippen LogP) is 2.12. The largest absolute Gasteiger partial charge is 0.391 e. The van der Waals surface area contributed by atoms with Crippen LogP contribution >= 0.6 is 11.3 Å². The second-order valence-electron chi connectivity index (χ2n) is 4.44. The summed E-state index contributed by atoms with van der Waals surface area (Å²) in [6, 6.07) is 7.97. The Labute approximate surface area is 116 Å². The van der Waals surface area contributed by atoms with Crippen LogP contribution in [0.4, 0.5) is 0 Å². The molecule has 5 heteroatoms. The van der Waals surface area contributed by atoms with Gasteiger partial charge in [0.05, 0.1) is 21.3 Å². The summed E-state index contributed by atoms with van der Waals surface area (Å²) < 4.78 is 1.15. The molecule has 2 rings (SSSR count). The van der Waals surface area contributed by atoms with Crippen molar-refractivity contribution in [3.63, 3.8) is 0 Å². The molecule has 0 fully saturated rings. The molecule has 2 aromatic rings. The molecule has 0 aliphatic carbocycles. The van der Waals surface area contributed by atoms with Gasteiger partial charge in [-0.05, 0) is 18.6 Å². The van der Waals surface area contributed by atoms with E-state index in [2.05, 4.69) is 10.3 Å². The first kappa shape index (κ1) is 14.0. The van der Waals surface area contributed by atoms with Gasteiger partial charge in [0.2, 0.25) is 5.91 Å². The molecule has 0 aliphatic rings. The summed E-state index contributed by atoms with van der Waals surface area (Å²) in [5, 5.41) is 13.1. The zero-order valence-corrected chi connectivity index (χ0v) is 11.7. The Hall–Kier alpha value is -1.46. The predicted molar refractivity (Wildman–Crippen MR) is 77.2 cm³/mol. The number of aromatic nitrogens is 1. The van der Waals surface area contributed by atoms with Crippen molar-refractivity contribution < 1.29 is 9.90 Å². The summed E-state index contributed by atoms with van der Waals surface area (Å²) in [7, 11) is 0. The molecular formula is C14H18N2O2S. The van der Waals surface area contributed by atoms with Crippen LogP contribution in [0.2, 0.25) is 0 Å². The van der Waals surface area contributed by atoms with Gasteiger partial charge in [-0.3, -0.25) is 4.79 Å². The maximum Gasteiger partial charge on any atom is 0.220 e. The molecule has 0 bridgehead atoms. The third-order valence-corrected chi connectivity index (χ3v) is 4.01. The Morgan fingerprint density at radius 3 is 3.00 bits per heavy atom. The van der Waals surface area contributed by atoms with Gasteiger partial charge in [0.15, 0.2) is 0 Å². The molecule has 0 aliphatic heterocycles. The number of thiazole rings is 1. The van der Waals surface area contributed by atoms with E-state index in [-0.39, 0.29) is 5.91 Å². The highest BCUT2D eigenvalue weighted by atomic mass is 32.1. The fourth-order valence-corrected chi connectivity index (χ4v) is 2.68. The van der Waals surface area contributed by atoms with Gasteiger partial charge in [-0.2, -0.15) is 0 Å². The molecule has 1 aromatic carbocycles. The lowest BCUT2D eigenvalue weighted by Gasteiger charge is -2.08. The van der Waals surface area contributed by atoms with Crippen LogP contribution in [-0.2, 0) is 11.2 Å². The number of aryl methyl sites for hydroxylation is 1. The Morgan fingerprint density at radius 2 is 2.26 bits per heavy atom. The van der Waals surface area contributed by atoms with Gasteiger partial charge in [-0.15, -0.1) is 11.3 Å². The van der Waals surface area contributed by atoms with E-state index in [0.717, 1.165) is 15.2 Å². The Balaban J connectivity index is 1.83. The second kappa shape index (κ2) is 6.63. The minimum atomic E-state index is -0.452. The fourth-order valence-electron chi connectivity index (χ4n) is 1.71. The van der Waals surface area contributed by atoms with Gasteiger partial charge in [0, 0.05) is 19.4 Å². The molecule has 1 atom stereocenters. The quantitative estimate of drug-likeness (QED) is 0.850. The normalized spacial score (nSPS) is 12.5. The summed E-state index contributed by atoms with van der Waals surface area (Å²) in [5.41, 5.74) is 0.990. The number of nitrogens with one attached hydrogen (secondary N) is 1. The van der Waals surface area contributed by atoms with Gasteiger partial charge in [-0.1, -0.05) is 19.1 Å². The Bertz CT molecular complexity index is 520. The lowest BCUT2D eigenvalue weighted by Crippen LogP contribution is -2.31. The van der Waals surface area contributed by atoms with Gasteiger partial charge >= 0.3 is 0 Å². The van der Waals surface area contributed by atoms with Crippen LogP contribution < -0.4 is 5.32 Å². The van der Waals surface area contributed by atoms with Crippen molar-refractivity contribution in [3.05, 3.63) is 29.3 Å². The number of fused-ring (bicyclic) bond motifs is 1. The van der Waals surface area contributed by atoms with Gasteiger partial charge < -0.3 is 10.4 Å². The van der Waals surface area contributed by atoms with Crippen LogP contribution in [0.1, 0.15) is 24.8 Å². The molecule has 0 saturated heterocycles. The third-order valence-electron chi connectivity index (χ3n) is 2.91. The highest BCUT2D eigenvalue weighted by Gasteiger charge is 2.08. The van der Waals surface area contributed by atoms with E-state index < -0.39 is 6.10 Å². The maximum atomic E-state index is 11.6. The van der Waals surface area contributed by atoms with E-state index in [1.54, 1.807) is 11.3 Å². The van der Waals surface area contributed by atoms with Crippen LogP contribution in [0.3, 0.4) is 0 Å². The number of amides is 1. The van der Waals surface area contributed by atoms with E-state index in [1.807, 2.05) is 31.2 Å². The van der Waals surface area contributed by atoms with Crippen molar-refractivity contribution in [1.29, 1.82) is 0 Å². The highest BCUT2D eigenvalue weighted by molar-refractivity contribution is 7.18. The number of hydrogen-bond acceptors (Lipinski definition) is 4. The number of carbonyl (C=O) groups excluding carboxylic acids is 1. The van der Waals surface area contributed by atoms with E-state index in [0.29, 0.717) is 25.8 Å². The molecule has 1 aromatic heterocycles. The van der Waals surface area contributed by atoms with Crippen molar-refractivity contribution in [1.82, 2.24) is 10.3 Å². The standard InChI is InChI=1S/C14H18N2O2S/c1-2-10(17)9-15-13(18)7-8-14-16-11-5-3-4-6-12(11)19-14/h3-6,10,17H,2,7-9H2,1H3,(H,15,18). The first-order chi connectivity index (χ1) is 9.19. The van der Waals surface area contributed by atoms with Crippen molar-refractivity contribution in [3.8, 4) is 0 Å². The van der Waals surface area contributed by atoms with Crippen molar-refractivity contribution >= 4 is 27.5 Å². The first-order valence-electron chi connectivity index (χ1n) is 6.48. The fraction of sp³-hybridized carbons (Fsp3) is 0.429. The zero-order valence-electron chi connectivity index (χ0n) is 10.9. The molecule has 0 radical (unpaired) electrons. The first-order valence-corrected chi connectivity index (χ1v) is 7.30. The van der Waals surface area contributed by atoms with E-state index in [4.69, 9.17) is 0 Å². The smallest absolute Gasteiger partial charge is 0.220 e. The summed E-state index contributed by atoms with van der Waals surface area (Å²) in [4.78, 5) is 16.1. The number of rotatable bonds is 6. The molecule has 1 unspecified atom stereocenters. The molecular weight excluding hydrogens is 260 g/mol. The number of nitrogens with zero attached hydrogens (tertiary/aromatic N) is 1. The average Bonchev–Trinajstić information content (AvgIpc) is 2.85. The van der Waals surface area contributed by atoms with E-state index in [1.165, 1.54) is 0 Å². The van der Waals surface area contributed by atoms with Crippen molar-refractivity contribution in [2.75, 3.05) is 6.54 Å². The van der Waals surface area contributed by atoms with Gasteiger partial charge in [0.25, 0.3) is 0 Å². The molecule has 19 heavy (non-hydrogen) atoms.